The predicted octanol–water partition coefficient (Wildman–Crippen LogP) is 4.89. The van der Waals surface area contributed by atoms with Gasteiger partial charge in [-0.3, -0.25) is 0 Å². The third-order valence-corrected chi connectivity index (χ3v) is 7.79. The van der Waals surface area contributed by atoms with Crippen molar-refractivity contribution in [2.75, 3.05) is 43.9 Å². The average molecular weight is 561 g/mol. The van der Waals surface area contributed by atoms with E-state index in [0.29, 0.717) is 28.0 Å². The second-order valence-electron chi connectivity index (χ2n) is 8.91. The number of pyridine rings is 1. The highest BCUT2D eigenvalue weighted by molar-refractivity contribution is 8.93. The first-order chi connectivity index (χ1) is 15.5. The van der Waals surface area contributed by atoms with E-state index in [2.05, 4.69) is 9.80 Å². The number of anilines is 1. The van der Waals surface area contributed by atoms with Gasteiger partial charge in [-0.1, -0.05) is 26.0 Å². The maximum absolute atomic E-state index is 13.1. The fourth-order valence-electron chi connectivity index (χ4n) is 4.07. The summed E-state index contributed by atoms with van der Waals surface area (Å²) in [6, 6.07) is 8.44. The maximum Gasteiger partial charge on any atom is 0.416 e. The first kappa shape index (κ1) is 26.5. The molecular formula is C23H28BrF3N4O2S. The van der Waals surface area contributed by atoms with E-state index in [-0.39, 0.29) is 28.7 Å². The van der Waals surface area contributed by atoms with Crippen molar-refractivity contribution in [2.45, 2.75) is 20.0 Å². The van der Waals surface area contributed by atoms with E-state index < -0.39 is 21.8 Å². The molecule has 3 aromatic rings. The number of hydrogen-bond acceptors (Lipinski definition) is 5. The number of likely N-dealkylation sites (N-methyl/N-ethyl adjacent to an activating group) is 1. The highest BCUT2D eigenvalue weighted by Crippen LogP contribution is 2.35. The molecule has 0 aliphatic carbocycles. The standard InChI is InChI=1S/C23H27F3N4O2S.BrH/c1-16(2)15-33(31,32)30-9-8-19-20(17-4-6-18(7-5-17)23(24,25)26)14-21(27-22(19)30)29-12-10-28(3)11-13-29;/h4-9,14,16H,10-13,15H2,1-3H3;1H. The Kier molecular flexibility index (Phi) is 7.69. The first-order valence-corrected chi connectivity index (χ1v) is 12.4. The Labute approximate surface area is 208 Å². The van der Waals surface area contributed by atoms with Gasteiger partial charge in [-0.15, -0.1) is 17.0 Å². The zero-order valence-electron chi connectivity index (χ0n) is 19.2. The number of piperazine rings is 1. The minimum atomic E-state index is -4.43. The van der Waals surface area contributed by atoms with Gasteiger partial charge in [0.25, 0.3) is 0 Å². The van der Waals surface area contributed by atoms with Crippen LogP contribution in [0, 0.1) is 5.92 Å². The third-order valence-electron chi connectivity index (χ3n) is 5.80. The van der Waals surface area contributed by atoms with Crippen molar-refractivity contribution in [3.8, 4) is 11.1 Å². The van der Waals surface area contributed by atoms with E-state index in [1.54, 1.807) is 6.07 Å². The number of nitrogens with zero attached hydrogens (tertiary/aromatic N) is 4. The lowest BCUT2D eigenvalue weighted by atomic mass is 10.0. The number of fused-ring (bicyclic) bond motifs is 1. The number of benzene rings is 1. The Bertz CT molecular complexity index is 1250. The topological polar surface area (TPSA) is 58.4 Å². The highest BCUT2D eigenvalue weighted by atomic mass is 79.9. The molecule has 0 atom stereocenters. The van der Waals surface area contributed by atoms with Gasteiger partial charge in [0.1, 0.15) is 5.82 Å². The molecule has 34 heavy (non-hydrogen) atoms. The van der Waals surface area contributed by atoms with Crippen LogP contribution in [0.15, 0.2) is 42.6 Å². The smallest absolute Gasteiger partial charge is 0.354 e. The van der Waals surface area contributed by atoms with E-state index >= 15 is 0 Å². The van der Waals surface area contributed by atoms with Gasteiger partial charge in [-0.05, 0) is 48.4 Å². The fraction of sp³-hybridized carbons (Fsp3) is 0.435. The molecule has 0 spiro atoms. The molecule has 1 aromatic carbocycles. The lowest BCUT2D eigenvalue weighted by Crippen LogP contribution is -2.44. The second-order valence-corrected chi connectivity index (χ2v) is 10.8. The van der Waals surface area contributed by atoms with Crippen LogP contribution in [0.5, 0.6) is 0 Å². The molecule has 1 fully saturated rings. The largest absolute Gasteiger partial charge is 0.416 e. The molecular weight excluding hydrogens is 533 g/mol. The van der Waals surface area contributed by atoms with Gasteiger partial charge in [0.05, 0.1) is 11.3 Å². The van der Waals surface area contributed by atoms with E-state index in [1.807, 2.05) is 27.0 Å². The SMILES string of the molecule is Br.CC(C)CS(=O)(=O)n1ccc2c(-c3ccc(C(F)(F)F)cc3)cc(N3CCN(C)CC3)nc21. The lowest BCUT2D eigenvalue weighted by molar-refractivity contribution is -0.137. The van der Waals surface area contributed by atoms with Crippen molar-refractivity contribution in [1.82, 2.24) is 13.9 Å². The van der Waals surface area contributed by atoms with Crippen LogP contribution >= 0.6 is 17.0 Å². The molecule has 0 amide bonds. The second kappa shape index (κ2) is 9.87. The Morgan fingerprint density at radius 1 is 1.03 bits per heavy atom. The molecule has 1 aliphatic heterocycles. The molecule has 2 aromatic heterocycles. The van der Waals surface area contributed by atoms with Crippen molar-refractivity contribution in [3.05, 3.63) is 48.2 Å². The molecule has 0 radical (unpaired) electrons. The Hall–Kier alpha value is -2.11. The predicted molar refractivity (Wildman–Crippen MR) is 134 cm³/mol. The molecule has 3 heterocycles. The molecule has 4 rings (SSSR count). The van der Waals surface area contributed by atoms with Gasteiger partial charge in [-0.25, -0.2) is 17.4 Å². The fourth-order valence-corrected chi connectivity index (χ4v) is 5.73. The summed E-state index contributed by atoms with van der Waals surface area (Å²) in [5, 5.41) is 0.583. The van der Waals surface area contributed by atoms with Gasteiger partial charge in [-0.2, -0.15) is 13.2 Å². The molecule has 0 bridgehead atoms. The Balaban J connectivity index is 0.00000324. The van der Waals surface area contributed by atoms with Crippen LogP contribution in [-0.2, 0) is 16.2 Å². The number of rotatable bonds is 5. The summed E-state index contributed by atoms with van der Waals surface area (Å²) in [4.78, 5) is 8.99. The normalized spacial score (nSPS) is 15.7. The quantitative estimate of drug-likeness (QED) is 0.445. The zero-order valence-corrected chi connectivity index (χ0v) is 21.7. The van der Waals surface area contributed by atoms with Crippen LogP contribution in [0.2, 0.25) is 0 Å². The number of alkyl halides is 3. The van der Waals surface area contributed by atoms with Crippen molar-refractivity contribution in [1.29, 1.82) is 0 Å². The summed E-state index contributed by atoms with van der Waals surface area (Å²) >= 11 is 0. The number of halogens is 4. The van der Waals surface area contributed by atoms with Gasteiger partial charge >= 0.3 is 6.18 Å². The molecule has 0 unspecified atom stereocenters. The van der Waals surface area contributed by atoms with E-state index in [1.165, 1.54) is 22.3 Å². The first-order valence-electron chi connectivity index (χ1n) is 10.8. The Morgan fingerprint density at radius 2 is 1.65 bits per heavy atom. The summed E-state index contributed by atoms with van der Waals surface area (Å²) in [7, 11) is -1.61. The van der Waals surface area contributed by atoms with Gasteiger partial charge in [0.2, 0.25) is 10.0 Å². The molecule has 0 N–H and O–H groups in total. The minimum Gasteiger partial charge on any atom is -0.354 e. The molecule has 11 heteroatoms. The van der Waals surface area contributed by atoms with Crippen molar-refractivity contribution in [3.63, 3.8) is 0 Å². The van der Waals surface area contributed by atoms with E-state index in [0.717, 1.165) is 38.3 Å². The van der Waals surface area contributed by atoms with Gasteiger partial charge in [0.15, 0.2) is 5.65 Å². The molecule has 6 nitrogen and oxygen atoms in total. The van der Waals surface area contributed by atoms with Crippen LogP contribution in [0.1, 0.15) is 19.4 Å². The Morgan fingerprint density at radius 3 is 2.21 bits per heavy atom. The molecule has 0 saturated carbocycles. The molecule has 186 valence electrons. The summed E-state index contributed by atoms with van der Waals surface area (Å²) in [6.45, 7) is 6.78. The van der Waals surface area contributed by atoms with Crippen LogP contribution in [-0.4, -0.2) is 61.3 Å². The van der Waals surface area contributed by atoms with Crippen LogP contribution in [0.3, 0.4) is 0 Å². The lowest BCUT2D eigenvalue weighted by Gasteiger charge is -2.33. The summed E-state index contributed by atoms with van der Waals surface area (Å²) in [6.07, 6.45) is -2.94. The monoisotopic (exact) mass is 560 g/mol. The third kappa shape index (κ3) is 5.41. The number of hydrogen-bond donors (Lipinski definition) is 0. The van der Waals surface area contributed by atoms with E-state index in [9.17, 15) is 21.6 Å². The summed E-state index contributed by atoms with van der Waals surface area (Å²) in [5.74, 6) is 0.514. The maximum atomic E-state index is 13.1. The minimum absolute atomic E-state index is 0. The zero-order chi connectivity index (χ0) is 24.0. The summed E-state index contributed by atoms with van der Waals surface area (Å²) in [5.41, 5.74) is 0.792. The summed E-state index contributed by atoms with van der Waals surface area (Å²) < 4.78 is 66.4. The van der Waals surface area contributed by atoms with Crippen molar-refractivity contribution >= 4 is 43.9 Å². The highest BCUT2D eigenvalue weighted by Gasteiger charge is 2.30. The molecule has 1 aliphatic rings. The van der Waals surface area contributed by atoms with Crippen LogP contribution in [0.4, 0.5) is 19.0 Å². The van der Waals surface area contributed by atoms with E-state index in [4.69, 9.17) is 4.98 Å². The van der Waals surface area contributed by atoms with Crippen molar-refractivity contribution in [2.24, 2.45) is 5.92 Å². The molecule has 1 saturated heterocycles. The van der Waals surface area contributed by atoms with Crippen LogP contribution in [0.25, 0.3) is 22.2 Å². The van der Waals surface area contributed by atoms with Crippen LogP contribution < -0.4 is 4.90 Å². The van der Waals surface area contributed by atoms with Gasteiger partial charge < -0.3 is 9.80 Å². The average Bonchev–Trinajstić information content (AvgIpc) is 3.17. The van der Waals surface area contributed by atoms with Crippen molar-refractivity contribution < 1.29 is 21.6 Å². The number of aromatic nitrogens is 2. The van der Waals surface area contributed by atoms with Gasteiger partial charge in [0, 0.05) is 37.8 Å².